The van der Waals surface area contributed by atoms with E-state index in [-0.39, 0.29) is 13.0 Å². The standard InChI is InChI=1S/C49H88NO9P/c1-3-5-7-9-11-13-15-17-19-21-22-23-24-25-26-28-30-32-34-36-38-40-42-56-43-46(44-57-60(54,55)58-45-47(50)49(52)53)59-48(51)41-39-37-35-33-31-29-27-20-18-16-14-12-10-8-6-4-2/h5,7,11,13,17,19-20,22-23,27,46-47H,3-4,6,8-10,12,14-16,18,21,24-26,28-45,50H2,1-2H3,(H,52,53)(H,54,55)/b7-5-,13-11-,19-17-,23-22-,27-20-. The number of hydrogen-bond acceptors (Lipinski definition) is 8. The third kappa shape index (κ3) is 43.7. The molecule has 0 heterocycles. The van der Waals surface area contributed by atoms with Gasteiger partial charge in [0.15, 0.2) is 0 Å². The van der Waals surface area contributed by atoms with Crippen LogP contribution in [0, 0.1) is 0 Å². The molecule has 0 fully saturated rings. The van der Waals surface area contributed by atoms with Gasteiger partial charge >= 0.3 is 19.8 Å². The molecule has 0 rings (SSSR count). The number of ether oxygens (including phenoxy) is 2. The zero-order chi connectivity index (χ0) is 44.0. The number of rotatable bonds is 45. The van der Waals surface area contributed by atoms with Crippen LogP contribution in [-0.4, -0.2) is 60.5 Å². The van der Waals surface area contributed by atoms with Crippen LogP contribution in [0.15, 0.2) is 60.8 Å². The molecular formula is C49H88NO9P. The van der Waals surface area contributed by atoms with E-state index in [0.29, 0.717) is 13.0 Å². The summed E-state index contributed by atoms with van der Waals surface area (Å²) in [6.07, 6.45) is 54.1. The largest absolute Gasteiger partial charge is 0.480 e. The summed E-state index contributed by atoms with van der Waals surface area (Å²) in [7, 11) is -4.62. The van der Waals surface area contributed by atoms with Crippen molar-refractivity contribution in [3.63, 3.8) is 0 Å². The van der Waals surface area contributed by atoms with Crippen molar-refractivity contribution in [3.8, 4) is 0 Å². The Morgan fingerprint density at radius 3 is 1.47 bits per heavy atom. The second kappa shape index (κ2) is 44.7. The van der Waals surface area contributed by atoms with E-state index in [9.17, 15) is 19.0 Å². The lowest BCUT2D eigenvalue weighted by Crippen LogP contribution is -2.34. The molecule has 0 aromatic carbocycles. The Morgan fingerprint density at radius 1 is 0.550 bits per heavy atom. The topological polar surface area (TPSA) is 155 Å². The minimum atomic E-state index is -4.62. The Hall–Kier alpha value is -2.33. The average molecular weight is 866 g/mol. The highest BCUT2D eigenvalue weighted by atomic mass is 31.2. The number of nitrogens with two attached hydrogens (primary N) is 1. The van der Waals surface area contributed by atoms with E-state index < -0.39 is 45.1 Å². The molecule has 0 saturated carbocycles. The third-order valence-electron chi connectivity index (χ3n) is 10.0. The molecule has 0 aromatic heterocycles. The van der Waals surface area contributed by atoms with E-state index >= 15 is 0 Å². The molecule has 11 heteroatoms. The van der Waals surface area contributed by atoms with E-state index in [0.717, 1.165) is 83.5 Å². The van der Waals surface area contributed by atoms with Crippen LogP contribution < -0.4 is 5.73 Å². The Morgan fingerprint density at radius 2 is 0.967 bits per heavy atom. The fraction of sp³-hybridized carbons (Fsp3) is 0.755. The van der Waals surface area contributed by atoms with Crippen molar-refractivity contribution in [2.24, 2.45) is 5.73 Å². The van der Waals surface area contributed by atoms with Gasteiger partial charge in [-0.2, -0.15) is 0 Å². The molecule has 0 amide bonds. The number of carboxylic acid groups (broad SMARTS) is 1. The number of allylic oxidation sites excluding steroid dienone is 10. The van der Waals surface area contributed by atoms with Gasteiger partial charge in [-0.15, -0.1) is 0 Å². The number of carbonyl (C=O) groups is 2. The summed E-state index contributed by atoms with van der Waals surface area (Å²) in [4.78, 5) is 33.6. The van der Waals surface area contributed by atoms with Crippen molar-refractivity contribution in [2.75, 3.05) is 26.4 Å². The maximum absolute atomic E-state index is 12.7. The molecule has 10 nitrogen and oxygen atoms in total. The van der Waals surface area contributed by atoms with E-state index in [1.807, 2.05) is 0 Å². The molecule has 60 heavy (non-hydrogen) atoms. The highest BCUT2D eigenvalue weighted by molar-refractivity contribution is 7.47. The molecule has 3 atom stereocenters. The molecule has 3 unspecified atom stereocenters. The number of hydrogen-bond donors (Lipinski definition) is 3. The Kier molecular flexibility index (Phi) is 43.0. The number of unbranched alkanes of at least 4 members (excludes halogenated alkanes) is 21. The van der Waals surface area contributed by atoms with E-state index in [4.69, 9.17) is 29.4 Å². The first-order chi connectivity index (χ1) is 29.2. The van der Waals surface area contributed by atoms with Gasteiger partial charge in [-0.25, -0.2) is 4.57 Å². The quantitative estimate of drug-likeness (QED) is 0.0233. The summed E-state index contributed by atoms with van der Waals surface area (Å²) < 4.78 is 33.4. The minimum Gasteiger partial charge on any atom is -0.480 e. The second-order valence-corrected chi connectivity index (χ2v) is 17.3. The number of phosphoric ester groups is 1. The average Bonchev–Trinajstić information content (AvgIpc) is 3.23. The normalized spacial score (nSPS) is 14.3. The van der Waals surface area contributed by atoms with Crippen LogP contribution in [0.2, 0.25) is 0 Å². The van der Waals surface area contributed by atoms with Crippen molar-refractivity contribution in [1.29, 1.82) is 0 Å². The van der Waals surface area contributed by atoms with Gasteiger partial charge in [0.05, 0.1) is 19.8 Å². The molecule has 0 spiro atoms. The predicted molar refractivity (Wildman–Crippen MR) is 249 cm³/mol. The van der Waals surface area contributed by atoms with Gasteiger partial charge in [0, 0.05) is 13.0 Å². The van der Waals surface area contributed by atoms with Crippen LogP contribution >= 0.6 is 7.82 Å². The van der Waals surface area contributed by atoms with Crippen molar-refractivity contribution < 1.29 is 42.7 Å². The van der Waals surface area contributed by atoms with Gasteiger partial charge in [-0.1, -0.05) is 177 Å². The van der Waals surface area contributed by atoms with Crippen molar-refractivity contribution in [3.05, 3.63) is 60.8 Å². The number of esters is 1. The molecule has 0 aromatic rings. The zero-order valence-electron chi connectivity index (χ0n) is 38.0. The van der Waals surface area contributed by atoms with Gasteiger partial charge in [0.2, 0.25) is 0 Å². The predicted octanol–water partition coefficient (Wildman–Crippen LogP) is 13.6. The molecule has 348 valence electrons. The summed E-state index contributed by atoms with van der Waals surface area (Å²) in [6.45, 7) is 3.75. The number of carboxylic acids is 1. The van der Waals surface area contributed by atoms with Gasteiger partial charge in [0.25, 0.3) is 0 Å². The third-order valence-corrected chi connectivity index (χ3v) is 11.0. The van der Waals surface area contributed by atoms with Crippen LogP contribution in [0.5, 0.6) is 0 Å². The molecule has 0 radical (unpaired) electrons. The fourth-order valence-electron chi connectivity index (χ4n) is 6.35. The minimum absolute atomic E-state index is 0.00771. The summed E-state index contributed by atoms with van der Waals surface area (Å²) in [5.74, 6) is -1.79. The molecule has 0 aliphatic rings. The lowest BCUT2D eigenvalue weighted by Gasteiger charge is -2.20. The molecule has 0 aliphatic heterocycles. The molecule has 0 bridgehead atoms. The van der Waals surface area contributed by atoms with Crippen molar-refractivity contribution >= 4 is 19.8 Å². The fourth-order valence-corrected chi connectivity index (χ4v) is 7.13. The van der Waals surface area contributed by atoms with E-state index in [1.165, 1.54) is 89.9 Å². The zero-order valence-corrected chi connectivity index (χ0v) is 38.9. The van der Waals surface area contributed by atoms with Crippen LogP contribution in [-0.2, 0) is 32.7 Å². The maximum Gasteiger partial charge on any atom is 0.472 e. The first kappa shape index (κ1) is 57.7. The van der Waals surface area contributed by atoms with Gasteiger partial charge in [0.1, 0.15) is 12.1 Å². The first-order valence-electron chi connectivity index (χ1n) is 23.8. The van der Waals surface area contributed by atoms with E-state index in [1.54, 1.807) is 0 Å². The second-order valence-electron chi connectivity index (χ2n) is 15.9. The number of phosphoric acid groups is 1. The van der Waals surface area contributed by atoms with Crippen molar-refractivity contribution in [2.45, 2.75) is 212 Å². The lowest BCUT2D eigenvalue weighted by molar-refractivity contribution is -0.154. The van der Waals surface area contributed by atoms with Gasteiger partial charge in [-0.3, -0.25) is 18.6 Å². The highest BCUT2D eigenvalue weighted by Gasteiger charge is 2.27. The Labute approximate surface area is 366 Å². The number of aliphatic carboxylic acids is 1. The summed E-state index contributed by atoms with van der Waals surface area (Å²) in [5, 5.41) is 8.91. The number of carbonyl (C=O) groups excluding carboxylic acids is 1. The molecule has 0 saturated heterocycles. The SMILES string of the molecule is CC/C=C\C/C=C\C/C=C\C/C=C\CCCCCCCCCCCOCC(COP(=O)(O)OCC(N)C(=O)O)OC(=O)CCCCCCC/C=C\CCCCCCCCC. The van der Waals surface area contributed by atoms with Crippen LogP contribution in [0.4, 0.5) is 0 Å². The molecule has 0 aliphatic carbocycles. The lowest BCUT2D eigenvalue weighted by atomic mass is 10.1. The first-order valence-corrected chi connectivity index (χ1v) is 25.3. The van der Waals surface area contributed by atoms with Gasteiger partial charge < -0.3 is 25.2 Å². The summed E-state index contributed by atoms with van der Waals surface area (Å²) in [5.41, 5.74) is 5.36. The van der Waals surface area contributed by atoms with Gasteiger partial charge in [-0.05, 0) is 77.0 Å². The van der Waals surface area contributed by atoms with E-state index in [2.05, 4.69) is 74.6 Å². The summed E-state index contributed by atoms with van der Waals surface area (Å²) >= 11 is 0. The van der Waals surface area contributed by atoms with Crippen LogP contribution in [0.25, 0.3) is 0 Å². The van der Waals surface area contributed by atoms with Crippen LogP contribution in [0.1, 0.15) is 200 Å². The molecular weight excluding hydrogens is 778 g/mol. The Bertz CT molecular complexity index is 1190. The monoisotopic (exact) mass is 866 g/mol. The smallest absolute Gasteiger partial charge is 0.472 e. The maximum atomic E-state index is 12.7. The van der Waals surface area contributed by atoms with Crippen molar-refractivity contribution in [1.82, 2.24) is 0 Å². The Balaban J connectivity index is 4.20. The summed E-state index contributed by atoms with van der Waals surface area (Å²) in [6, 6.07) is -1.48. The van der Waals surface area contributed by atoms with Crippen LogP contribution in [0.3, 0.4) is 0 Å². The molecule has 4 N–H and O–H groups in total. The highest BCUT2D eigenvalue weighted by Crippen LogP contribution is 2.43.